The quantitative estimate of drug-likeness (QED) is 0.398. The molecule has 1 amide bonds. The molecular weight excluding hydrogens is 272 g/mol. The van der Waals surface area contributed by atoms with Gasteiger partial charge in [0.05, 0.1) is 0 Å². The van der Waals surface area contributed by atoms with E-state index in [4.69, 9.17) is 0 Å². The van der Waals surface area contributed by atoms with Crippen LogP contribution in [-0.2, 0) is 0 Å². The Morgan fingerprint density at radius 1 is 1.10 bits per heavy atom. The van der Waals surface area contributed by atoms with Crippen LogP contribution < -0.4 is 16.0 Å². The van der Waals surface area contributed by atoms with E-state index in [1.807, 2.05) is 18.2 Å². The van der Waals surface area contributed by atoms with E-state index in [2.05, 4.69) is 27.2 Å². The van der Waals surface area contributed by atoms with Crippen LogP contribution in [0.25, 0.3) is 0 Å². The van der Waals surface area contributed by atoms with Crippen molar-refractivity contribution in [3.8, 4) is 0 Å². The number of nitrogens with one attached hydrogen (secondary N) is 3. The minimum absolute atomic E-state index is 0.0577. The summed E-state index contributed by atoms with van der Waals surface area (Å²) in [5.74, 6) is 1.73. The lowest BCUT2D eigenvalue weighted by atomic mass is 10.2. The molecule has 0 radical (unpaired) electrons. The third kappa shape index (κ3) is 6.47. The Hall–Kier alpha value is -1.69. The SMILES string of the molecule is CN=C(NCCNC(=O)c1ccccc1)NCCSC. The summed E-state index contributed by atoms with van der Waals surface area (Å²) in [7, 11) is 1.73. The number of carbonyl (C=O) groups is 1. The summed E-state index contributed by atoms with van der Waals surface area (Å²) in [6, 6.07) is 9.19. The third-order valence-electron chi connectivity index (χ3n) is 2.56. The largest absolute Gasteiger partial charge is 0.356 e. The van der Waals surface area contributed by atoms with Crippen LogP contribution in [0.5, 0.6) is 0 Å². The first-order valence-electron chi connectivity index (χ1n) is 6.54. The van der Waals surface area contributed by atoms with E-state index in [0.717, 1.165) is 18.3 Å². The second kappa shape index (κ2) is 10.1. The molecule has 6 heteroatoms. The third-order valence-corrected chi connectivity index (χ3v) is 3.17. The molecule has 5 nitrogen and oxygen atoms in total. The van der Waals surface area contributed by atoms with Gasteiger partial charge >= 0.3 is 0 Å². The molecule has 0 aromatic heterocycles. The first kappa shape index (κ1) is 16.4. The van der Waals surface area contributed by atoms with Crippen molar-refractivity contribution in [3.05, 3.63) is 35.9 Å². The van der Waals surface area contributed by atoms with Gasteiger partial charge in [0.15, 0.2) is 5.96 Å². The molecule has 0 atom stereocenters. The lowest BCUT2D eigenvalue weighted by Crippen LogP contribution is -2.42. The van der Waals surface area contributed by atoms with E-state index in [-0.39, 0.29) is 5.91 Å². The molecule has 20 heavy (non-hydrogen) atoms. The minimum atomic E-state index is -0.0577. The molecule has 0 saturated heterocycles. The molecule has 0 aliphatic carbocycles. The van der Waals surface area contributed by atoms with Crippen molar-refractivity contribution in [3.63, 3.8) is 0 Å². The van der Waals surface area contributed by atoms with E-state index in [9.17, 15) is 4.79 Å². The van der Waals surface area contributed by atoms with Crippen molar-refractivity contribution in [1.82, 2.24) is 16.0 Å². The Balaban J connectivity index is 2.19. The molecule has 0 heterocycles. The highest BCUT2D eigenvalue weighted by molar-refractivity contribution is 7.98. The molecule has 110 valence electrons. The summed E-state index contributed by atoms with van der Waals surface area (Å²) >= 11 is 1.78. The second-order valence-corrected chi connectivity index (χ2v) is 5.03. The summed E-state index contributed by atoms with van der Waals surface area (Å²) in [5.41, 5.74) is 0.676. The van der Waals surface area contributed by atoms with Crippen molar-refractivity contribution in [2.75, 3.05) is 38.7 Å². The van der Waals surface area contributed by atoms with Crippen LogP contribution in [-0.4, -0.2) is 50.6 Å². The van der Waals surface area contributed by atoms with Crippen molar-refractivity contribution in [2.45, 2.75) is 0 Å². The van der Waals surface area contributed by atoms with Crippen LogP contribution in [0.4, 0.5) is 0 Å². The molecule has 0 bridgehead atoms. The monoisotopic (exact) mass is 294 g/mol. The second-order valence-electron chi connectivity index (χ2n) is 4.04. The number of rotatable bonds is 7. The van der Waals surface area contributed by atoms with Gasteiger partial charge in [-0.15, -0.1) is 0 Å². The molecule has 0 saturated carbocycles. The van der Waals surface area contributed by atoms with Gasteiger partial charge in [0.2, 0.25) is 0 Å². The summed E-state index contributed by atoms with van der Waals surface area (Å²) < 4.78 is 0. The van der Waals surface area contributed by atoms with Gasteiger partial charge in [0.1, 0.15) is 0 Å². The zero-order valence-corrected chi connectivity index (χ0v) is 12.8. The van der Waals surface area contributed by atoms with Gasteiger partial charge in [-0.05, 0) is 18.4 Å². The first-order valence-corrected chi connectivity index (χ1v) is 7.94. The molecule has 1 aromatic carbocycles. The highest BCUT2D eigenvalue weighted by Gasteiger charge is 2.03. The summed E-state index contributed by atoms with van der Waals surface area (Å²) in [4.78, 5) is 15.9. The standard InChI is InChI=1S/C14H22N4OS/c1-15-14(18-10-11-20-2)17-9-8-16-13(19)12-6-4-3-5-7-12/h3-7H,8-11H2,1-2H3,(H,16,19)(H2,15,17,18). The van der Waals surface area contributed by atoms with E-state index in [0.29, 0.717) is 18.7 Å². The fourth-order valence-electron chi connectivity index (χ4n) is 1.54. The van der Waals surface area contributed by atoms with Gasteiger partial charge in [0.25, 0.3) is 5.91 Å². The molecule has 0 fully saturated rings. The van der Waals surface area contributed by atoms with Gasteiger partial charge in [-0.2, -0.15) is 11.8 Å². The number of hydrogen-bond donors (Lipinski definition) is 3. The van der Waals surface area contributed by atoms with Crippen LogP contribution in [0.1, 0.15) is 10.4 Å². The van der Waals surface area contributed by atoms with Gasteiger partial charge in [-0.1, -0.05) is 18.2 Å². The molecular formula is C14H22N4OS. The maximum absolute atomic E-state index is 11.8. The average Bonchev–Trinajstić information content (AvgIpc) is 2.50. The van der Waals surface area contributed by atoms with Gasteiger partial charge < -0.3 is 16.0 Å². The van der Waals surface area contributed by atoms with E-state index in [1.54, 1.807) is 30.9 Å². The lowest BCUT2D eigenvalue weighted by Gasteiger charge is -2.11. The number of thioether (sulfide) groups is 1. The fraction of sp³-hybridized carbons (Fsp3) is 0.429. The number of aliphatic imine (C=N–C) groups is 1. The zero-order chi connectivity index (χ0) is 14.6. The number of nitrogens with zero attached hydrogens (tertiary/aromatic N) is 1. The van der Waals surface area contributed by atoms with Crippen LogP contribution in [0, 0.1) is 0 Å². The number of hydrogen-bond acceptors (Lipinski definition) is 3. The maximum atomic E-state index is 11.8. The summed E-state index contributed by atoms with van der Waals surface area (Å²) in [5, 5.41) is 9.20. The van der Waals surface area contributed by atoms with Crippen molar-refractivity contribution >= 4 is 23.6 Å². The Bertz CT molecular complexity index is 422. The van der Waals surface area contributed by atoms with Gasteiger partial charge in [0, 0.05) is 38.0 Å². The number of carbonyl (C=O) groups excluding carboxylic acids is 1. The first-order chi connectivity index (χ1) is 9.77. The lowest BCUT2D eigenvalue weighted by molar-refractivity contribution is 0.0954. The highest BCUT2D eigenvalue weighted by atomic mass is 32.2. The molecule has 0 spiro atoms. The van der Waals surface area contributed by atoms with Gasteiger partial charge in [-0.25, -0.2) is 0 Å². The Kier molecular flexibility index (Phi) is 8.30. The molecule has 3 N–H and O–H groups in total. The summed E-state index contributed by atoms with van der Waals surface area (Å²) in [6.07, 6.45) is 2.07. The van der Waals surface area contributed by atoms with Crippen molar-refractivity contribution < 1.29 is 4.79 Å². The topological polar surface area (TPSA) is 65.5 Å². The van der Waals surface area contributed by atoms with Crippen LogP contribution in [0.15, 0.2) is 35.3 Å². The zero-order valence-electron chi connectivity index (χ0n) is 12.0. The highest BCUT2D eigenvalue weighted by Crippen LogP contribution is 1.96. The predicted octanol–water partition coefficient (Wildman–Crippen LogP) is 0.944. The predicted molar refractivity (Wildman–Crippen MR) is 86.5 cm³/mol. The fourth-order valence-corrected chi connectivity index (χ4v) is 1.85. The van der Waals surface area contributed by atoms with E-state index < -0.39 is 0 Å². The van der Waals surface area contributed by atoms with Crippen LogP contribution in [0.3, 0.4) is 0 Å². The smallest absolute Gasteiger partial charge is 0.251 e. The normalized spacial score (nSPS) is 11.0. The van der Waals surface area contributed by atoms with Crippen molar-refractivity contribution in [2.24, 2.45) is 4.99 Å². The molecule has 1 aromatic rings. The average molecular weight is 294 g/mol. The number of amides is 1. The van der Waals surface area contributed by atoms with Crippen LogP contribution >= 0.6 is 11.8 Å². The number of benzene rings is 1. The van der Waals surface area contributed by atoms with Crippen molar-refractivity contribution in [1.29, 1.82) is 0 Å². The number of guanidine groups is 1. The van der Waals surface area contributed by atoms with E-state index in [1.165, 1.54) is 0 Å². The Morgan fingerprint density at radius 2 is 1.75 bits per heavy atom. The molecule has 1 rings (SSSR count). The Morgan fingerprint density at radius 3 is 2.40 bits per heavy atom. The van der Waals surface area contributed by atoms with Gasteiger partial charge in [-0.3, -0.25) is 9.79 Å². The summed E-state index contributed by atoms with van der Waals surface area (Å²) in [6.45, 7) is 2.06. The molecule has 0 aliphatic heterocycles. The molecule has 0 unspecified atom stereocenters. The van der Waals surface area contributed by atoms with Crippen LogP contribution in [0.2, 0.25) is 0 Å². The van der Waals surface area contributed by atoms with E-state index >= 15 is 0 Å². The maximum Gasteiger partial charge on any atom is 0.251 e. The molecule has 0 aliphatic rings. The minimum Gasteiger partial charge on any atom is -0.356 e. The Labute approximate surface area is 124 Å².